The summed E-state index contributed by atoms with van der Waals surface area (Å²) in [6.45, 7) is 0. The van der Waals surface area contributed by atoms with Crippen LogP contribution in [0.15, 0.2) is 152 Å². The topological polar surface area (TPSA) is 81.2 Å². The number of para-hydroxylation sites is 2. The second kappa shape index (κ2) is 12.1. The molecule has 0 fully saturated rings. The Morgan fingerprint density at radius 2 is 0.776 bits per heavy atom. The highest BCUT2D eigenvalue weighted by Gasteiger charge is 2.26. The van der Waals surface area contributed by atoms with E-state index in [9.17, 15) is 15.8 Å². The molecule has 0 N–H and O–H groups in total. The number of rotatable bonds is 3. The molecule has 12 aromatic rings. The van der Waals surface area contributed by atoms with E-state index in [1.54, 1.807) is 28.7 Å². The van der Waals surface area contributed by atoms with Crippen LogP contribution < -0.4 is 0 Å². The number of aromatic nitrogens is 2. The lowest BCUT2D eigenvalue weighted by atomic mass is 9.95. The minimum Gasteiger partial charge on any atom is -0.307 e. The van der Waals surface area contributed by atoms with E-state index in [-0.39, 0.29) is 0 Å². The fourth-order valence-corrected chi connectivity index (χ4v) is 11.7. The van der Waals surface area contributed by atoms with E-state index >= 15 is 0 Å². The van der Waals surface area contributed by atoms with Gasteiger partial charge in [0.2, 0.25) is 0 Å². The molecule has 0 saturated carbocycles. The van der Waals surface area contributed by atoms with Crippen molar-refractivity contribution in [2.75, 3.05) is 0 Å². The minimum atomic E-state index is 0.388. The summed E-state index contributed by atoms with van der Waals surface area (Å²) in [5, 5.41) is 40.8. The van der Waals surface area contributed by atoms with Crippen molar-refractivity contribution in [1.82, 2.24) is 9.13 Å². The normalized spacial score (nSPS) is 11.7. The third-order valence-electron chi connectivity index (χ3n) is 11.5. The zero-order valence-electron chi connectivity index (χ0n) is 30.5. The number of thiophene rings is 2. The molecule has 0 aliphatic carbocycles. The van der Waals surface area contributed by atoms with Gasteiger partial charge in [-0.05, 0) is 60.2 Å². The zero-order chi connectivity index (χ0) is 38.6. The van der Waals surface area contributed by atoms with E-state index in [0.717, 1.165) is 69.9 Å². The fraction of sp³-hybridized carbons (Fsp3) is 0. The highest BCUT2D eigenvalue weighted by Crippen LogP contribution is 2.48. The Bertz CT molecular complexity index is 3670. The van der Waals surface area contributed by atoms with Gasteiger partial charge in [0.1, 0.15) is 0 Å². The van der Waals surface area contributed by atoms with Gasteiger partial charge >= 0.3 is 0 Å². The van der Waals surface area contributed by atoms with Gasteiger partial charge in [-0.15, -0.1) is 22.7 Å². The number of fused-ring (bicyclic) bond motifs is 14. The summed E-state index contributed by atoms with van der Waals surface area (Å²) in [5.74, 6) is 0. The summed E-state index contributed by atoms with van der Waals surface area (Å²) in [6.07, 6.45) is 0. The van der Waals surface area contributed by atoms with Crippen LogP contribution in [-0.4, -0.2) is 9.13 Å². The van der Waals surface area contributed by atoms with Crippen LogP contribution >= 0.6 is 22.7 Å². The summed E-state index contributed by atoms with van der Waals surface area (Å²) >= 11 is 3.54. The molecule has 5 nitrogen and oxygen atoms in total. The second-order valence-corrected chi connectivity index (χ2v) is 16.7. The molecule has 4 aromatic heterocycles. The average molecular weight is 772 g/mol. The molecular weight excluding hydrogens is 747 g/mol. The summed E-state index contributed by atoms with van der Waals surface area (Å²) in [7, 11) is 0. The lowest BCUT2D eigenvalue weighted by molar-refractivity contribution is 1.14. The molecule has 0 unspecified atom stereocenters. The van der Waals surface area contributed by atoms with Crippen LogP contribution in [0.1, 0.15) is 16.7 Å². The maximum Gasteiger partial charge on any atom is 0.0993 e. The molecule has 0 aliphatic rings. The number of nitriles is 3. The van der Waals surface area contributed by atoms with Crippen LogP contribution in [0.5, 0.6) is 0 Å². The quantitative estimate of drug-likeness (QED) is 0.179. The Morgan fingerprint density at radius 3 is 1.24 bits per heavy atom. The van der Waals surface area contributed by atoms with Crippen LogP contribution in [0.3, 0.4) is 0 Å². The molecule has 12 rings (SSSR count). The molecule has 0 aliphatic heterocycles. The number of hydrogen-bond donors (Lipinski definition) is 0. The Hall–Kier alpha value is -7.73. The zero-order valence-corrected chi connectivity index (χ0v) is 32.1. The molecule has 58 heavy (non-hydrogen) atoms. The second-order valence-electron chi connectivity index (χ2n) is 14.6. The number of benzene rings is 8. The average Bonchev–Trinajstić information content (AvgIpc) is 4.03. The largest absolute Gasteiger partial charge is 0.307 e. The van der Waals surface area contributed by atoms with Gasteiger partial charge in [-0.1, -0.05) is 97.1 Å². The molecule has 266 valence electrons. The molecule has 4 heterocycles. The predicted molar refractivity (Wildman–Crippen MR) is 240 cm³/mol. The molecule has 0 atom stereocenters. The minimum absolute atomic E-state index is 0.388. The molecule has 8 aromatic carbocycles. The van der Waals surface area contributed by atoms with Gasteiger partial charge in [-0.2, -0.15) is 15.8 Å². The van der Waals surface area contributed by atoms with Gasteiger partial charge < -0.3 is 9.13 Å². The van der Waals surface area contributed by atoms with Crippen molar-refractivity contribution in [2.45, 2.75) is 0 Å². The van der Waals surface area contributed by atoms with Gasteiger partial charge in [0, 0.05) is 58.1 Å². The van der Waals surface area contributed by atoms with Gasteiger partial charge in [0.15, 0.2) is 0 Å². The standard InChI is InChI=1S/C51H25N5S2/c52-26-29-21-30(27-53)23-32(22-29)47-43(55-41-13-5-1-9-33(41)37-17-19-39-35-11-3-7-15-45(35)57-50(39)48(37)55)24-31(28-54)25-44(47)56-42-14-6-2-10-34(42)38-18-20-40-36-12-4-8-16-46(36)58-51(40)49(38)56/h1-25H. The summed E-state index contributed by atoms with van der Waals surface area (Å²) < 4.78 is 9.33. The maximum absolute atomic E-state index is 10.9. The Morgan fingerprint density at radius 1 is 0.379 bits per heavy atom. The van der Waals surface area contributed by atoms with E-state index in [2.05, 4.69) is 149 Å². The van der Waals surface area contributed by atoms with Crippen LogP contribution in [0, 0.1) is 34.0 Å². The fourth-order valence-electron chi connectivity index (χ4n) is 9.19. The van der Waals surface area contributed by atoms with Crippen molar-refractivity contribution in [3.05, 3.63) is 168 Å². The van der Waals surface area contributed by atoms with Crippen LogP contribution in [-0.2, 0) is 0 Å². The van der Waals surface area contributed by atoms with Gasteiger partial charge in [0.25, 0.3) is 0 Å². The highest BCUT2D eigenvalue weighted by atomic mass is 32.1. The van der Waals surface area contributed by atoms with Gasteiger partial charge in [0.05, 0.1) is 77.7 Å². The highest BCUT2D eigenvalue weighted by molar-refractivity contribution is 7.27. The third kappa shape index (κ3) is 4.42. The number of nitrogens with zero attached hydrogens (tertiary/aromatic N) is 5. The summed E-state index contributed by atoms with van der Waals surface area (Å²) in [6, 6.07) is 59.4. The van der Waals surface area contributed by atoms with E-state index in [0.29, 0.717) is 22.3 Å². The lowest BCUT2D eigenvalue weighted by Crippen LogP contribution is -2.05. The first-order valence-corrected chi connectivity index (χ1v) is 20.5. The molecule has 0 saturated heterocycles. The summed E-state index contributed by atoms with van der Waals surface area (Å²) in [5.41, 5.74) is 8.47. The van der Waals surface area contributed by atoms with Crippen molar-refractivity contribution in [2.24, 2.45) is 0 Å². The Kier molecular flexibility index (Phi) is 6.80. The summed E-state index contributed by atoms with van der Waals surface area (Å²) in [4.78, 5) is 0. The first-order valence-electron chi connectivity index (χ1n) is 18.8. The van der Waals surface area contributed by atoms with Crippen molar-refractivity contribution in [3.63, 3.8) is 0 Å². The molecular formula is C51H25N5S2. The number of hydrogen-bond acceptors (Lipinski definition) is 5. The Labute approximate surface area is 338 Å². The Balaban J connectivity index is 1.34. The van der Waals surface area contributed by atoms with E-state index < -0.39 is 0 Å². The molecule has 0 bridgehead atoms. The van der Waals surface area contributed by atoms with E-state index in [1.807, 2.05) is 24.3 Å². The first kappa shape index (κ1) is 32.5. The van der Waals surface area contributed by atoms with E-state index in [4.69, 9.17) is 0 Å². The first-order chi connectivity index (χ1) is 28.6. The van der Waals surface area contributed by atoms with Crippen LogP contribution in [0.25, 0.3) is 106 Å². The smallest absolute Gasteiger partial charge is 0.0993 e. The van der Waals surface area contributed by atoms with Crippen LogP contribution in [0.4, 0.5) is 0 Å². The maximum atomic E-state index is 10.9. The van der Waals surface area contributed by atoms with Crippen LogP contribution in [0.2, 0.25) is 0 Å². The molecule has 0 radical (unpaired) electrons. The lowest BCUT2D eigenvalue weighted by Gasteiger charge is -2.21. The molecule has 0 amide bonds. The third-order valence-corrected chi connectivity index (χ3v) is 13.9. The molecule has 0 spiro atoms. The SMILES string of the molecule is N#Cc1cc(C#N)cc(-c2c(-n3c4ccccc4c4ccc5c6ccccc6sc5c43)cc(C#N)cc2-n2c3ccccc3c3ccc4c5ccccc5sc4c32)c1. The van der Waals surface area contributed by atoms with Gasteiger partial charge in [-0.25, -0.2) is 0 Å². The molecule has 7 heteroatoms. The van der Waals surface area contributed by atoms with Crippen molar-refractivity contribution in [1.29, 1.82) is 15.8 Å². The van der Waals surface area contributed by atoms with E-state index in [1.165, 1.54) is 30.9 Å². The van der Waals surface area contributed by atoms with Crippen molar-refractivity contribution >= 4 is 107 Å². The van der Waals surface area contributed by atoms with Crippen molar-refractivity contribution < 1.29 is 0 Å². The van der Waals surface area contributed by atoms with Gasteiger partial charge in [-0.3, -0.25) is 0 Å². The predicted octanol–water partition coefficient (Wildman–Crippen LogP) is 13.9. The van der Waals surface area contributed by atoms with Crippen molar-refractivity contribution in [3.8, 4) is 40.7 Å². The monoisotopic (exact) mass is 771 g/mol.